The summed E-state index contributed by atoms with van der Waals surface area (Å²) >= 11 is 0. The number of nitrogens with zero attached hydrogens (tertiary/aromatic N) is 7. The number of amides is 2. The van der Waals surface area contributed by atoms with E-state index in [9.17, 15) is 9.59 Å². The minimum absolute atomic E-state index is 0.0298. The molecule has 0 spiro atoms. The van der Waals surface area contributed by atoms with Crippen molar-refractivity contribution in [3.8, 4) is 0 Å². The topological polar surface area (TPSA) is 123 Å². The van der Waals surface area contributed by atoms with Gasteiger partial charge in [-0.3, -0.25) is 9.69 Å². The van der Waals surface area contributed by atoms with Gasteiger partial charge in [0.15, 0.2) is 17.3 Å². The van der Waals surface area contributed by atoms with E-state index in [0.717, 1.165) is 31.9 Å². The van der Waals surface area contributed by atoms with E-state index >= 15 is 0 Å². The number of hydrogen-bond acceptors (Lipinski definition) is 10. The Hall–Kier alpha value is -3.64. The molecule has 2 amide bonds. The second-order valence-corrected chi connectivity index (χ2v) is 13.6. The van der Waals surface area contributed by atoms with Gasteiger partial charge in [0.05, 0.1) is 5.69 Å². The van der Waals surface area contributed by atoms with E-state index in [2.05, 4.69) is 56.0 Å². The molecule has 3 saturated heterocycles. The van der Waals surface area contributed by atoms with Crippen LogP contribution in [-0.2, 0) is 11.2 Å². The fourth-order valence-electron chi connectivity index (χ4n) is 6.52. The predicted molar refractivity (Wildman–Crippen MR) is 179 cm³/mol. The van der Waals surface area contributed by atoms with E-state index < -0.39 is 11.5 Å². The maximum absolute atomic E-state index is 12.7. The Balaban J connectivity index is 1.27. The minimum Gasteiger partial charge on any atom is -0.444 e. The smallest absolute Gasteiger partial charge is 0.410 e. The van der Waals surface area contributed by atoms with E-state index in [1.165, 1.54) is 31.6 Å². The van der Waals surface area contributed by atoms with Crippen molar-refractivity contribution >= 4 is 35.0 Å². The summed E-state index contributed by atoms with van der Waals surface area (Å²) in [4.78, 5) is 46.2. The van der Waals surface area contributed by atoms with Crippen molar-refractivity contribution in [3.05, 3.63) is 35.7 Å². The molecule has 2 aromatic rings. The largest absolute Gasteiger partial charge is 0.444 e. The summed E-state index contributed by atoms with van der Waals surface area (Å²) in [7, 11) is 2.20. The van der Waals surface area contributed by atoms with Gasteiger partial charge in [0.25, 0.3) is 5.91 Å². The van der Waals surface area contributed by atoms with E-state index in [4.69, 9.17) is 15.5 Å². The number of piperidine rings is 1. The number of nitrogens with one attached hydrogen (secondary N) is 1. The van der Waals surface area contributed by atoms with Gasteiger partial charge in [-0.25, -0.2) is 14.8 Å². The van der Waals surface area contributed by atoms with Crippen LogP contribution in [0.2, 0.25) is 0 Å². The zero-order valence-corrected chi connectivity index (χ0v) is 27.9. The van der Waals surface area contributed by atoms with Gasteiger partial charge in [-0.15, -0.1) is 0 Å². The number of piperazine rings is 2. The van der Waals surface area contributed by atoms with Crippen LogP contribution in [0.4, 0.5) is 27.8 Å². The van der Waals surface area contributed by atoms with Crippen LogP contribution >= 0.6 is 0 Å². The SMILES string of the molecule is CCc1nc(C(N)=O)c(Nc2ccc(N3CCC(N4CCN(C)CC4)CC3)cc2)nc1N1CCN(C(=O)OC(C)(C)C)C[C@@H]1C. The summed E-state index contributed by atoms with van der Waals surface area (Å²) in [5.74, 6) is 0.396. The van der Waals surface area contributed by atoms with E-state index in [-0.39, 0.29) is 17.8 Å². The maximum atomic E-state index is 12.7. The molecule has 5 rings (SSSR count). The van der Waals surface area contributed by atoms with E-state index in [1.807, 2.05) is 39.8 Å². The third-order valence-electron chi connectivity index (χ3n) is 9.08. The Morgan fingerprint density at radius 3 is 2.22 bits per heavy atom. The lowest BCUT2D eigenvalue weighted by Crippen LogP contribution is -2.55. The van der Waals surface area contributed by atoms with Crippen LogP contribution in [0.1, 0.15) is 63.6 Å². The zero-order valence-electron chi connectivity index (χ0n) is 27.9. The van der Waals surface area contributed by atoms with E-state index in [1.54, 1.807) is 4.90 Å². The van der Waals surface area contributed by atoms with Crippen molar-refractivity contribution < 1.29 is 14.3 Å². The van der Waals surface area contributed by atoms with Crippen LogP contribution in [0.3, 0.4) is 0 Å². The van der Waals surface area contributed by atoms with Crippen LogP contribution in [0.15, 0.2) is 24.3 Å². The quantitative estimate of drug-likeness (QED) is 0.475. The summed E-state index contributed by atoms with van der Waals surface area (Å²) in [5.41, 5.74) is 8.04. The summed E-state index contributed by atoms with van der Waals surface area (Å²) in [5, 5.41) is 3.32. The van der Waals surface area contributed by atoms with Crippen molar-refractivity contribution in [2.45, 2.75) is 71.6 Å². The first-order chi connectivity index (χ1) is 21.4. The highest BCUT2D eigenvalue weighted by Gasteiger charge is 2.33. The summed E-state index contributed by atoms with van der Waals surface area (Å²) < 4.78 is 5.59. The number of likely N-dealkylation sites (N-methyl/N-ethyl adjacent to an activating group) is 1. The van der Waals surface area contributed by atoms with Crippen molar-refractivity contribution in [2.75, 3.05) is 81.1 Å². The molecule has 246 valence electrons. The molecule has 0 saturated carbocycles. The summed E-state index contributed by atoms with van der Waals surface area (Å²) in [6.07, 6.45) is 2.63. The van der Waals surface area contributed by atoms with E-state index in [0.29, 0.717) is 49.4 Å². The Kier molecular flexibility index (Phi) is 10.0. The van der Waals surface area contributed by atoms with Crippen LogP contribution < -0.4 is 20.9 Å². The van der Waals surface area contributed by atoms with Crippen molar-refractivity contribution in [3.63, 3.8) is 0 Å². The molecule has 0 bridgehead atoms. The van der Waals surface area contributed by atoms with Gasteiger partial charge in [0, 0.05) is 82.4 Å². The molecule has 1 atom stereocenters. The molecule has 3 aliphatic heterocycles. The van der Waals surface area contributed by atoms with Crippen LogP contribution in [-0.4, -0.2) is 120 Å². The average molecular weight is 622 g/mol. The van der Waals surface area contributed by atoms with Crippen molar-refractivity contribution in [1.82, 2.24) is 24.7 Å². The summed E-state index contributed by atoms with van der Waals surface area (Å²) in [6.45, 7) is 17.9. The van der Waals surface area contributed by atoms with Gasteiger partial charge < -0.3 is 35.4 Å². The number of hydrogen-bond donors (Lipinski definition) is 2. The standard InChI is InChI=1S/C33H51N9O3/c1-7-27-31(42-21-20-41(22-23(42)2)32(44)45-33(3,4)5)37-30(28(36-27)29(34)43)35-24-8-10-25(11-9-24)39-14-12-26(13-15-39)40-18-16-38(6)17-19-40/h8-11,23,26H,7,12-22H2,1-6H3,(H2,34,43)(H,35,37)/t23-/m0/s1. The van der Waals surface area contributed by atoms with Crippen LogP contribution in [0.25, 0.3) is 0 Å². The highest BCUT2D eigenvalue weighted by atomic mass is 16.6. The fourth-order valence-corrected chi connectivity index (χ4v) is 6.52. The molecule has 45 heavy (non-hydrogen) atoms. The molecule has 1 aromatic heterocycles. The molecule has 3 fully saturated rings. The molecule has 3 N–H and O–H groups in total. The van der Waals surface area contributed by atoms with Gasteiger partial charge in [-0.1, -0.05) is 6.92 Å². The number of carbonyl (C=O) groups excluding carboxylic acids is 2. The van der Waals surface area contributed by atoms with Crippen molar-refractivity contribution in [2.24, 2.45) is 5.73 Å². The monoisotopic (exact) mass is 621 g/mol. The van der Waals surface area contributed by atoms with Gasteiger partial charge in [0.1, 0.15) is 5.60 Å². The number of nitrogens with two attached hydrogens (primary N) is 1. The second-order valence-electron chi connectivity index (χ2n) is 13.6. The number of anilines is 4. The number of primary amides is 1. The molecule has 4 heterocycles. The fraction of sp³-hybridized carbons (Fsp3) is 0.636. The number of ether oxygens (including phenoxy) is 1. The Morgan fingerprint density at radius 2 is 1.64 bits per heavy atom. The Bertz CT molecular complexity index is 1330. The molecule has 12 heteroatoms. The van der Waals surface area contributed by atoms with Gasteiger partial charge >= 0.3 is 6.09 Å². The first kappa shape index (κ1) is 32.7. The number of aryl methyl sites for hydroxylation is 1. The highest BCUT2D eigenvalue weighted by molar-refractivity contribution is 5.96. The number of rotatable bonds is 7. The van der Waals surface area contributed by atoms with Crippen LogP contribution in [0.5, 0.6) is 0 Å². The molecule has 0 radical (unpaired) electrons. The Labute approximate surface area is 267 Å². The number of benzene rings is 1. The zero-order chi connectivity index (χ0) is 32.3. The van der Waals surface area contributed by atoms with Gasteiger partial charge in [-0.05, 0) is 78.3 Å². The maximum Gasteiger partial charge on any atom is 0.410 e. The molecule has 1 aromatic carbocycles. The molecule has 0 aliphatic carbocycles. The Morgan fingerprint density at radius 1 is 0.978 bits per heavy atom. The van der Waals surface area contributed by atoms with Crippen molar-refractivity contribution in [1.29, 1.82) is 0 Å². The number of aromatic nitrogens is 2. The normalized spacial score (nSPS) is 20.8. The first-order valence-electron chi connectivity index (χ1n) is 16.4. The third-order valence-corrected chi connectivity index (χ3v) is 9.08. The molecule has 12 nitrogen and oxygen atoms in total. The minimum atomic E-state index is -0.631. The lowest BCUT2D eigenvalue weighted by molar-refractivity contribution is 0.0218. The lowest BCUT2D eigenvalue weighted by atomic mass is 10.0. The lowest BCUT2D eigenvalue weighted by Gasteiger charge is -2.42. The average Bonchev–Trinajstić information content (AvgIpc) is 3.01. The third kappa shape index (κ3) is 7.96. The van der Waals surface area contributed by atoms with Crippen LogP contribution in [0, 0.1) is 0 Å². The molecule has 0 unspecified atom stereocenters. The molecule has 3 aliphatic rings. The highest BCUT2D eigenvalue weighted by Crippen LogP contribution is 2.30. The second kappa shape index (κ2) is 13.8. The molecular weight excluding hydrogens is 570 g/mol. The number of carbonyl (C=O) groups is 2. The predicted octanol–water partition coefficient (Wildman–Crippen LogP) is 3.54. The molecular formula is C33H51N9O3. The van der Waals surface area contributed by atoms with Gasteiger partial charge in [-0.2, -0.15) is 0 Å². The van der Waals surface area contributed by atoms with Gasteiger partial charge in [0.2, 0.25) is 0 Å². The first-order valence-corrected chi connectivity index (χ1v) is 16.4. The summed E-state index contributed by atoms with van der Waals surface area (Å²) in [6, 6.07) is 8.92.